The van der Waals surface area contributed by atoms with Crippen LogP contribution in [0.3, 0.4) is 0 Å². The van der Waals surface area contributed by atoms with Crippen molar-refractivity contribution in [1.82, 2.24) is 20.4 Å². The zero-order valence-corrected chi connectivity index (χ0v) is 15.4. The molecule has 1 spiro atoms. The van der Waals surface area contributed by atoms with Gasteiger partial charge in [0.25, 0.3) is 0 Å². The highest BCUT2D eigenvalue weighted by molar-refractivity contribution is 7.80. The summed E-state index contributed by atoms with van der Waals surface area (Å²) in [4.78, 5) is 16.4. The Morgan fingerprint density at radius 3 is 2.74 bits per heavy atom. The average molecular weight is 399 g/mol. The lowest BCUT2D eigenvalue weighted by Crippen LogP contribution is -2.43. The molecule has 1 aromatic heterocycles. The number of piperazine rings is 1. The lowest BCUT2D eigenvalue weighted by Gasteiger charge is -2.35. The molecule has 2 bridgehead atoms. The second-order valence-electron chi connectivity index (χ2n) is 7.69. The Kier molecular flexibility index (Phi) is 3.70. The van der Waals surface area contributed by atoms with Gasteiger partial charge in [0.2, 0.25) is 5.88 Å². The SMILES string of the molecule is O=C1N2C[C@H](N1OS(=O)(=O)O)C1(CC1)C[C@H]2c1cc(N2CCNCC2)on1. The molecule has 3 saturated heterocycles. The van der Waals surface area contributed by atoms with E-state index < -0.39 is 16.4 Å². The Morgan fingerprint density at radius 2 is 2.07 bits per heavy atom. The van der Waals surface area contributed by atoms with E-state index in [1.165, 1.54) is 0 Å². The highest BCUT2D eigenvalue weighted by Gasteiger charge is 2.64. The maximum Gasteiger partial charge on any atom is 0.418 e. The number of nitrogens with one attached hydrogen (secondary N) is 1. The minimum atomic E-state index is -4.76. The quantitative estimate of drug-likeness (QED) is 0.680. The summed E-state index contributed by atoms with van der Waals surface area (Å²) in [5.74, 6) is 0.677. The largest absolute Gasteiger partial charge is 0.418 e. The molecule has 2 atom stereocenters. The van der Waals surface area contributed by atoms with Gasteiger partial charge in [-0.2, -0.15) is 13.5 Å². The van der Waals surface area contributed by atoms with Gasteiger partial charge in [-0.05, 0) is 24.7 Å². The second-order valence-corrected chi connectivity index (χ2v) is 8.69. The fraction of sp³-hybridized carbons (Fsp3) is 0.733. The van der Waals surface area contributed by atoms with Crippen LogP contribution >= 0.6 is 0 Å². The van der Waals surface area contributed by atoms with Crippen molar-refractivity contribution >= 4 is 22.3 Å². The fourth-order valence-electron chi connectivity index (χ4n) is 4.55. The summed E-state index contributed by atoms with van der Waals surface area (Å²) < 4.78 is 41.5. The van der Waals surface area contributed by atoms with Gasteiger partial charge in [-0.15, -0.1) is 4.28 Å². The summed E-state index contributed by atoms with van der Waals surface area (Å²) in [6, 6.07) is 0.610. The van der Waals surface area contributed by atoms with Crippen LogP contribution in [0, 0.1) is 5.41 Å². The van der Waals surface area contributed by atoms with E-state index in [4.69, 9.17) is 9.08 Å². The summed E-state index contributed by atoms with van der Waals surface area (Å²) in [5.41, 5.74) is 0.460. The maximum absolute atomic E-state index is 12.7. The van der Waals surface area contributed by atoms with Gasteiger partial charge in [0.05, 0.1) is 12.1 Å². The summed E-state index contributed by atoms with van der Waals surface area (Å²) in [5, 5.41) is 8.30. The van der Waals surface area contributed by atoms with Crippen molar-refractivity contribution in [3.8, 4) is 0 Å². The standard InChI is InChI=1S/C15H21N5O6S/c21-14-19-9-12(20(14)26-27(22,23)24)15(1-2-15)8-11(19)10-7-13(25-17-10)18-5-3-16-4-6-18/h7,11-12,16H,1-6,8-9H2,(H,22,23,24)/t11-,12-/m0/s1. The molecule has 3 aliphatic heterocycles. The number of aromatic nitrogens is 1. The predicted octanol–water partition coefficient (Wildman–Crippen LogP) is 0.150. The predicted molar refractivity (Wildman–Crippen MR) is 91.0 cm³/mol. The molecule has 4 aliphatic rings. The number of fused-ring (bicyclic) bond motifs is 3. The van der Waals surface area contributed by atoms with Crippen molar-refractivity contribution in [3.63, 3.8) is 0 Å². The number of carbonyl (C=O) groups excluding carboxylic acids is 1. The summed E-state index contributed by atoms with van der Waals surface area (Å²) in [7, 11) is -4.76. The van der Waals surface area contributed by atoms with Crippen LogP contribution in [0.15, 0.2) is 10.6 Å². The molecule has 27 heavy (non-hydrogen) atoms. The Balaban J connectivity index is 1.42. The normalized spacial score (nSPS) is 29.7. The molecule has 0 unspecified atom stereocenters. The number of hydrogen-bond acceptors (Lipinski definition) is 8. The molecular weight excluding hydrogens is 378 g/mol. The molecule has 12 heteroatoms. The molecule has 0 radical (unpaired) electrons. The topological polar surface area (TPSA) is 128 Å². The first-order chi connectivity index (χ1) is 12.9. The average Bonchev–Trinajstić information content (AvgIpc) is 3.12. The van der Waals surface area contributed by atoms with Crippen molar-refractivity contribution in [2.75, 3.05) is 37.6 Å². The Labute approximate surface area is 156 Å². The number of nitrogens with zero attached hydrogens (tertiary/aromatic N) is 4. The lowest BCUT2D eigenvalue weighted by atomic mass is 9.84. The van der Waals surface area contributed by atoms with E-state index in [0.717, 1.165) is 44.1 Å². The van der Waals surface area contributed by atoms with E-state index >= 15 is 0 Å². The van der Waals surface area contributed by atoms with E-state index in [9.17, 15) is 13.2 Å². The van der Waals surface area contributed by atoms with Crippen LogP contribution in [0.1, 0.15) is 31.0 Å². The van der Waals surface area contributed by atoms with Gasteiger partial charge < -0.3 is 19.6 Å². The van der Waals surface area contributed by atoms with Crippen LogP contribution in [0.5, 0.6) is 0 Å². The molecule has 0 aromatic carbocycles. The molecule has 1 aliphatic carbocycles. The summed E-state index contributed by atoms with van der Waals surface area (Å²) in [6.45, 7) is 3.73. The first-order valence-corrected chi connectivity index (χ1v) is 10.4. The third-order valence-electron chi connectivity index (χ3n) is 6.12. The monoisotopic (exact) mass is 399 g/mol. The highest BCUT2D eigenvalue weighted by atomic mass is 32.3. The molecule has 148 valence electrons. The van der Waals surface area contributed by atoms with E-state index in [1.54, 1.807) is 4.90 Å². The van der Waals surface area contributed by atoms with Gasteiger partial charge in [-0.25, -0.2) is 4.79 Å². The van der Waals surface area contributed by atoms with Crippen LogP contribution in [-0.4, -0.2) is 72.9 Å². The van der Waals surface area contributed by atoms with Gasteiger partial charge in [0.15, 0.2) is 0 Å². The van der Waals surface area contributed by atoms with Crippen molar-refractivity contribution in [1.29, 1.82) is 0 Å². The number of hydroxylamine groups is 2. The first kappa shape index (κ1) is 17.2. The first-order valence-electron chi connectivity index (χ1n) is 9.05. The number of anilines is 1. The van der Waals surface area contributed by atoms with Crippen molar-refractivity contribution < 1.29 is 26.6 Å². The van der Waals surface area contributed by atoms with Crippen LogP contribution in [0.2, 0.25) is 0 Å². The van der Waals surface area contributed by atoms with Crippen LogP contribution < -0.4 is 10.2 Å². The zero-order valence-electron chi connectivity index (χ0n) is 14.6. The Morgan fingerprint density at radius 1 is 1.33 bits per heavy atom. The Hall–Kier alpha value is -1.89. The number of amides is 2. The fourth-order valence-corrected chi connectivity index (χ4v) is 4.92. The van der Waals surface area contributed by atoms with E-state index in [0.29, 0.717) is 24.5 Å². The van der Waals surface area contributed by atoms with Crippen LogP contribution in [-0.2, 0) is 14.7 Å². The smallest absolute Gasteiger partial charge is 0.338 e. The number of urea groups is 1. The molecule has 1 saturated carbocycles. The summed E-state index contributed by atoms with van der Waals surface area (Å²) >= 11 is 0. The van der Waals surface area contributed by atoms with Gasteiger partial charge >= 0.3 is 16.4 Å². The van der Waals surface area contributed by atoms with Gasteiger partial charge in [-0.1, -0.05) is 5.16 Å². The molecule has 4 fully saturated rings. The molecule has 1 aromatic rings. The van der Waals surface area contributed by atoms with E-state index in [-0.39, 0.29) is 17.5 Å². The van der Waals surface area contributed by atoms with Crippen LogP contribution in [0.4, 0.5) is 10.7 Å². The van der Waals surface area contributed by atoms with Crippen molar-refractivity contribution in [3.05, 3.63) is 11.8 Å². The minimum Gasteiger partial charge on any atom is -0.338 e. The maximum atomic E-state index is 12.7. The zero-order chi connectivity index (χ0) is 18.8. The van der Waals surface area contributed by atoms with E-state index in [1.807, 2.05) is 6.07 Å². The van der Waals surface area contributed by atoms with Crippen LogP contribution in [0.25, 0.3) is 0 Å². The second kappa shape index (κ2) is 5.80. The van der Waals surface area contributed by atoms with Crippen molar-refractivity contribution in [2.45, 2.75) is 31.3 Å². The molecular formula is C15H21N5O6S. The lowest BCUT2D eigenvalue weighted by molar-refractivity contribution is -0.0527. The van der Waals surface area contributed by atoms with Gasteiger partial charge in [-0.3, -0.25) is 4.55 Å². The number of piperidine rings is 1. The molecule has 2 amide bonds. The number of rotatable bonds is 4. The highest BCUT2D eigenvalue weighted by Crippen LogP contribution is 2.61. The number of hydrogen-bond donors (Lipinski definition) is 2. The Bertz CT molecular complexity index is 862. The molecule has 4 heterocycles. The van der Waals surface area contributed by atoms with E-state index in [2.05, 4.69) is 19.7 Å². The third kappa shape index (κ3) is 2.87. The van der Waals surface area contributed by atoms with Crippen molar-refractivity contribution in [2.24, 2.45) is 5.41 Å². The van der Waals surface area contributed by atoms with Gasteiger partial charge in [0, 0.05) is 38.8 Å². The molecule has 2 N–H and O–H groups in total. The molecule has 11 nitrogen and oxygen atoms in total. The number of carbonyl (C=O) groups is 1. The molecule has 5 rings (SSSR count). The summed E-state index contributed by atoms with van der Waals surface area (Å²) in [6.07, 6.45) is 2.43. The minimum absolute atomic E-state index is 0.202. The van der Waals surface area contributed by atoms with Gasteiger partial charge in [0.1, 0.15) is 5.69 Å². The third-order valence-corrected chi connectivity index (χ3v) is 6.47.